The van der Waals surface area contributed by atoms with E-state index in [1.807, 2.05) is 69.6 Å². The molecule has 1 aromatic heterocycles. The second-order valence-electron chi connectivity index (χ2n) is 8.52. The molecule has 0 radical (unpaired) electrons. The number of carbonyl (C=O) groups is 2. The topological polar surface area (TPSA) is 63.6 Å². The van der Waals surface area contributed by atoms with Crippen LogP contribution in [-0.4, -0.2) is 47.6 Å². The number of benzene rings is 2. The minimum atomic E-state index is -0.758. The van der Waals surface area contributed by atoms with Gasteiger partial charge in [-0.25, -0.2) is 0 Å². The van der Waals surface area contributed by atoms with Crippen LogP contribution in [0.1, 0.15) is 31.9 Å². The zero-order chi connectivity index (χ0) is 24.2. The van der Waals surface area contributed by atoms with E-state index in [9.17, 15) is 9.59 Å². The lowest BCUT2D eigenvalue weighted by Gasteiger charge is -2.30. The maximum atomic E-state index is 13.8. The van der Waals surface area contributed by atoms with Gasteiger partial charge in [-0.15, -0.1) is 11.8 Å². The quantitative estimate of drug-likeness (QED) is 0.350. The molecule has 2 heterocycles. The molecule has 1 aliphatic heterocycles. The molecule has 6 nitrogen and oxygen atoms in total. The molecule has 8 heteroatoms. The number of thioether (sulfide) groups is 2. The van der Waals surface area contributed by atoms with Gasteiger partial charge in [0.05, 0.1) is 16.9 Å². The summed E-state index contributed by atoms with van der Waals surface area (Å²) in [6.07, 6.45) is 2.87. The smallest absolute Gasteiger partial charge is 0.247 e. The number of aryl methyl sites for hydroxylation is 1. The fraction of sp³-hybridized carbons (Fsp3) is 0.385. The SMILES string of the molecule is CSc1cccc(N2C(=O)CSc3c(c4ccccc4n3C)[C@H]2C(=O)NCCCOC(C)C)c1. The monoisotopic (exact) mass is 497 g/mol. The Balaban J connectivity index is 1.77. The van der Waals surface area contributed by atoms with Crippen molar-refractivity contribution in [1.29, 1.82) is 0 Å². The van der Waals surface area contributed by atoms with Gasteiger partial charge in [0.25, 0.3) is 0 Å². The van der Waals surface area contributed by atoms with E-state index in [4.69, 9.17) is 4.74 Å². The molecule has 1 atom stereocenters. The molecule has 1 aliphatic rings. The fourth-order valence-corrected chi connectivity index (χ4v) is 5.83. The van der Waals surface area contributed by atoms with Crippen molar-refractivity contribution in [3.63, 3.8) is 0 Å². The van der Waals surface area contributed by atoms with Crippen molar-refractivity contribution in [2.24, 2.45) is 7.05 Å². The Labute approximate surface area is 209 Å². The molecule has 34 heavy (non-hydrogen) atoms. The molecule has 0 saturated heterocycles. The van der Waals surface area contributed by atoms with Crippen LogP contribution < -0.4 is 10.2 Å². The highest BCUT2D eigenvalue weighted by Crippen LogP contribution is 2.43. The molecule has 4 rings (SSSR count). The highest BCUT2D eigenvalue weighted by Gasteiger charge is 2.39. The summed E-state index contributed by atoms with van der Waals surface area (Å²) >= 11 is 3.12. The van der Waals surface area contributed by atoms with Crippen molar-refractivity contribution in [2.45, 2.75) is 42.3 Å². The minimum Gasteiger partial charge on any atom is -0.379 e. The van der Waals surface area contributed by atoms with Crippen LogP contribution in [0.2, 0.25) is 0 Å². The van der Waals surface area contributed by atoms with Crippen LogP contribution in [0.3, 0.4) is 0 Å². The average Bonchev–Trinajstić information content (AvgIpc) is 3.01. The average molecular weight is 498 g/mol. The maximum Gasteiger partial charge on any atom is 0.247 e. The molecular weight excluding hydrogens is 466 g/mol. The molecule has 0 unspecified atom stereocenters. The Morgan fingerprint density at radius 2 is 2.03 bits per heavy atom. The predicted molar refractivity (Wildman–Crippen MR) is 141 cm³/mol. The summed E-state index contributed by atoms with van der Waals surface area (Å²) in [4.78, 5) is 30.0. The van der Waals surface area contributed by atoms with E-state index in [1.165, 1.54) is 11.8 Å². The van der Waals surface area contributed by atoms with Crippen LogP contribution in [-0.2, 0) is 21.4 Å². The molecule has 2 amide bonds. The van der Waals surface area contributed by atoms with Gasteiger partial charge in [-0.05, 0) is 50.8 Å². The highest BCUT2D eigenvalue weighted by molar-refractivity contribution is 8.00. The van der Waals surface area contributed by atoms with Gasteiger partial charge in [0, 0.05) is 47.2 Å². The lowest BCUT2D eigenvalue weighted by atomic mass is 10.0. The second-order valence-corrected chi connectivity index (χ2v) is 10.4. The zero-order valence-electron chi connectivity index (χ0n) is 20.0. The van der Waals surface area contributed by atoms with E-state index in [-0.39, 0.29) is 23.7 Å². The third kappa shape index (κ3) is 4.99. The van der Waals surface area contributed by atoms with E-state index in [1.54, 1.807) is 16.7 Å². The van der Waals surface area contributed by atoms with E-state index in [0.29, 0.717) is 19.6 Å². The number of rotatable bonds is 8. The molecule has 1 N–H and O–H groups in total. The molecule has 3 aromatic rings. The second kappa shape index (κ2) is 10.9. The normalized spacial score (nSPS) is 16.1. The van der Waals surface area contributed by atoms with Gasteiger partial charge in [-0.3, -0.25) is 14.5 Å². The number of carbonyl (C=O) groups excluding carboxylic acids is 2. The summed E-state index contributed by atoms with van der Waals surface area (Å²) in [6.45, 7) is 5.06. The third-order valence-corrected chi connectivity index (χ3v) is 7.76. The Hall–Kier alpha value is -2.42. The summed E-state index contributed by atoms with van der Waals surface area (Å²) in [5.41, 5.74) is 2.68. The van der Waals surface area contributed by atoms with Crippen molar-refractivity contribution < 1.29 is 14.3 Å². The van der Waals surface area contributed by atoms with Gasteiger partial charge >= 0.3 is 0 Å². The zero-order valence-corrected chi connectivity index (χ0v) is 21.7. The van der Waals surface area contributed by atoms with Gasteiger partial charge in [0.2, 0.25) is 11.8 Å². The van der Waals surface area contributed by atoms with Crippen LogP contribution in [0.4, 0.5) is 5.69 Å². The van der Waals surface area contributed by atoms with Crippen LogP contribution in [0, 0.1) is 0 Å². The summed E-state index contributed by atoms with van der Waals surface area (Å²) in [6, 6.07) is 15.2. The Kier molecular flexibility index (Phi) is 7.91. The van der Waals surface area contributed by atoms with Gasteiger partial charge < -0.3 is 14.6 Å². The largest absolute Gasteiger partial charge is 0.379 e. The number of anilines is 1. The van der Waals surface area contributed by atoms with Gasteiger partial charge in [0.15, 0.2) is 0 Å². The minimum absolute atomic E-state index is 0.0770. The number of hydrogen-bond acceptors (Lipinski definition) is 5. The maximum absolute atomic E-state index is 13.8. The standard InChI is InChI=1S/C26H31N3O3S2/c1-17(2)32-14-8-13-27-25(31)24-23-20-11-5-6-12-21(20)28(3)26(23)34-16-22(30)29(24)18-9-7-10-19(15-18)33-4/h5-7,9-12,15,17,24H,8,13-14,16H2,1-4H3,(H,27,31)/t24-/m0/s1. The van der Waals surface area contributed by atoms with E-state index in [0.717, 1.165) is 32.1 Å². The van der Waals surface area contributed by atoms with Crippen molar-refractivity contribution in [1.82, 2.24) is 9.88 Å². The Morgan fingerprint density at radius 3 is 2.79 bits per heavy atom. The summed E-state index contributed by atoms with van der Waals surface area (Å²) < 4.78 is 7.71. The van der Waals surface area contributed by atoms with Crippen molar-refractivity contribution >= 4 is 51.9 Å². The third-order valence-electron chi connectivity index (χ3n) is 5.87. The van der Waals surface area contributed by atoms with Crippen LogP contribution >= 0.6 is 23.5 Å². The molecule has 0 bridgehead atoms. The summed E-state index contributed by atoms with van der Waals surface area (Å²) in [5, 5.41) is 5.04. The summed E-state index contributed by atoms with van der Waals surface area (Å²) in [5.74, 6) is 0.0199. The molecule has 180 valence electrons. The lowest BCUT2D eigenvalue weighted by Crippen LogP contribution is -2.44. The van der Waals surface area contributed by atoms with Crippen molar-refractivity contribution in [2.75, 3.05) is 30.1 Å². The summed E-state index contributed by atoms with van der Waals surface area (Å²) in [7, 11) is 2.00. The first-order valence-electron chi connectivity index (χ1n) is 11.5. The molecule has 0 saturated carbocycles. The van der Waals surface area contributed by atoms with Crippen LogP contribution in [0.15, 0.2) is 58.5 Å². The first kappa shape index (κ1) is 24.7. The number of para-hydroxylation sites is 1. The van der Waals surface area contributed by atoms with Gasteiger partial charge in [-0.2, -0.15) is 0 Å². The van der Waals surface area contributed by atoms with E-state index < -0.39 is 6.04 Å². The number of hydrogen-bond donors (Lipinski definition) is 1. The number of amides is 2. The number of ether oxygens (including phenoxy) is 1. The van der Waals surface area contributed by atoms with Gasteiger partial charge in [0.1, 0.15) is 6.04 Å². The highest BCUT2D eigenvalue weighted by atomic mass is 32.2. The molecule has 0 spiro atoms. The molecule has 2 aromatic carbocycles. The first-order chi connectivity index (χ1) is 16.4. The molecule has 0 aliphatic carbocycles. The van der Waals surface area contributed by atoms with Gasteiger partial charge in [-0.1, -0.05) is 36.0 Å². The Morgan fingerprint density at radius 1 is 1.24 bits per heavy atom. The number of nitrogens with zero attached hydrogens (tertiary/aromatic N) is 2. The lowest BCUT2D eigenvalue weighted by molar-refractivity contribution is -0.125. The van der Waals surface area contributed by atoms with Crippen molar-refractivity contribution in [3.8, 4) is 0 Å². The number of nitrogens with one attached hydrogen (secondary N) is 1. The fourth-order valence-electron chi connectivity index (χ4n) is 4.31. The molecular formula is C26H31N3O3S2. The number of aromatic nitrogens is 1. The Bertz CT molecular complexity index is 1190. The van der Waals surface area contributed by atoms with E-state index in [2.05, 4.69) is 16.0 Å². The van der Waals surface area contributed by atoms with Crippen LogP contribution in [0.5, 0.6) is 0 Å². The predicted octanol–water partition coefficient (Wildman–Crippen LogP) is 5.01. The first-order valence-corrected chi connectivity index (χ1v) is 13.7. The van der Waals surface area contributed by atoms with Crippen LogP contribution in [0.25, 0.3) is 10.9 Å². The van der Waals surface area contributed by atoms with E-state index >= 15 is 0 Å². The number of fused-ring (bicyclic) bond motifs is 3. The molecule has 0 fully saturated rings. The van der Waals surface area contributed by atoms with Crippen molar-refractivity contribution in [3.05, 3.63) is 54.1 Å².